The summed E-state index contributed by atoms with van der Waals surface area (Å²) in [6, 6.07) is 8.58. The minimum absolute atomic E-state index is 0.305. The zero-order valence-electron chi connectivity index (χ0n) is 16.2. The molecule has 1 aliphatic rings. The van der Waals surface area contributed by atoms with Gasteiger partial charge in [0, 0.05) is 37.1 Å². The van der Waals surface area contributed by atoms with E-state index in [1.165, 1.54) is 12.0 Å². The molecule has 4 aromatic rings. The van der Waals surface area contributed by atoms with Crippen LogP contribution in [0.4, 0.5) is 11.6 Å². The first-order valence-corrected chi connectivity index (χ1v) is 9.69. The second-order valence-corrected chi connectivity index (χ2v) is 6.89. The van der Waals surface area contributed by atoms with Crippen LogP contribution in [0.25, 0.3) is 28.1 Å². The molecule has 0 radical (unpaired) electrons. The monoisotopic (exact) mass is 390 g/mol. The lowest BCUT2D eigenvalue weighted by Crippen LogP contribution is -2.36. The zero-order valence-corrected chi connectivity index (χ0v) is 16.2. The summed E-state index contributed by atoms with van der Waals surface area (Å²) in [5, 5.41) is 4.22. The second-order valence-electron chi connectivity index (χ2n) is 6.89. The van der Waals surface area contributed by atoms with Crippen LogP contribution in [0.15, 0.2) is 43.0 Å². The highest BCUT2D eigenvalue weighted by molar-refractivity contribution is 5.92. The van der Waals surface area contributed by atoms with E-state index in [0.717, 1.165) is 48.5 Å². The number of imidazole rings is 1. The van der Waals surface area contributed by atoms with E-state index in [1.807, 2.05) is 6.20 Å². The highest BCUT2D eigenvalue weighted by atomic mass is 16.5. The molecule has 2 N–H and O–H groups in total. The van der Waals surface area contributed by atoms with E-state index in [1.54, 1.807) is 10.9 Å². The molecule has 0 bridgehead atoms. The van der Waals surface area contributed by atoms with Crippen LogP contribution in [-0.4, -0.2) is 55.6 Å². The first-order chi connectivity index (χ1) is 14.3. The number of benzene rings is 1. The van der Waals surface area contributed by atoms with Gasteiger partial charge in [-0.25, -0.2) is 4.98 Å². The Kier molecular flexibility index (Phi) is 4.36. The minimum Gasteiger partial charge on any atom is -0.378 e. The molecule has 29 heavy (non-hydrogen) atoms. The van der Waals surface area contributed by atoms with E-state index in [0.29, 0.717) is 18.4 Å². The van der Waals surface area contributed by atoms with Crippen LogP contribution in [0.1, 0.15) is 6.92 Å². The summed E-state index contributed by atoms with van der Waals surface area (Å²) < 4.78 is 9.09. The van der Waals surface area contributed by atoms with Crippen LogP contribution in [0.5, 0.6) is 0 Å². The lowest BCUT2D eigenvalue weighted by atomic mass is 10.1. The van der Waals surface area contributed by atoms with Crippen molar-refractivity contribution in [2.45, 2.75) is 13.5 Å². The highest BCUT2D eigenvalue weighted by Crippen LogP contribution is 2.31. The third-order valence-corrected chi connectivity index (χ3v) is 5.26. The maximum Gasteiger partial charge on any atom is 0.235 e. The number of fused-ring (bicyclic) bond motifs is 1. The fourth-order valence-electron chi connectivity index (χ4n) is 3.83. The lowest BCUT2D eigenvalue weighted by Gasteiger charge is -2.28. The van der Waals surface area contributed by atoms with Gasteiger partial charge in [-0.2, -0.15) is 14.8 Å². The summed E-state index contributed by atoms with van der Waals surface area (Å²) in [7, 11) is 0. The lowest BCUT2D eigenvalue weighted by molar-refractivity contribution is 0.122. The molecule has 0 amide bonds. The molecule has 0 aliphatic carbocycles. The van der Waals surface area contributed by atoms with Crippen LogP contribution in [0, 0.1) is 0 Å². The fourth-order valence-corrected chi connectivity index (χ4v) is 3.83. The number of aryl methyl sites for hydroxylation is 1. The number of nitrogens with zero attached hydrogens (tertiary/aromatic N) is 7. The summed E-state index contributed by atoms with van der Waals surface area (Å²) in [6.45, 7) is 6.17. The van der Waals surface area contributed by atoms with Gasteiger partial charge in [-0.1, -0.05) is 12.1 Å². The van der Waals surface area contributed by atoms with Gasteiger partial charge in [-0.15, -0.1) is 0 Å². The molecular weight excluding hydrogens is 368 g/mol. The molecule has 148 valence electrons. The van der Waals surface area contributed by atoms with Crippen LogP contribution in [0.3, 0.4) is 0 Å². The third-order valence-electron chi connectivity index (χ3n) is 5.26. The molecule has 0 saturated carbocycles. The largest absolute Gasteiger partial charge is 0.378 e. The maximum absolute atomic E-state index is 5.96. The standard InChI is InChI=1S/C20H22N8O/c1-2-27-18-16(14-3-5-15(6-4-14)26-7-9-29-10-8-26)11-22-12-17(18)25-20(27)28-19(21)23-13-24-28/h3-6,11-13H,2,7-10H2,1H3,(H2,21,23,24). The number of nitrogen functional groups attached to an aromatic ring is 1. The Morgan fingerprint density at radius 3 is 2.59 bits per heavy atom. The molecule has 5 rings (SSSR count). The average molecular weight is 390 g/mol. The number of pyridine rings is 1. The summed E-state index contributed by atoms with van der Waals surface area (Å²) in [5.41, 5.74) is 11.1. The molecular formula is C20H22N8O. The Labute approximate surface area is 167 Å². The number of ether oxygens (including phenoxy) is 1. The van der Waals surface area contributed by atoms with Gasteiger partial charge >= 0.3 is 0 Å². The van der Waals surface area contributed by atoms with Crippen molar-refractivity contribution < 1.29 is 4.74 Å². The van der Waals surface area contributed by atoms with Crippen molar-refractivity contribution in [1.29, 1.82) is 0 Å². The van der Waals surface area contributed by atoms with E-state index >= 15 is 0 Å². The van der Waals surface area contributed by atoms with Gasteiger partial charge in [0.05, 0.1) is 24.9 Å². The minimum atomic E-state index is 0.305. The van der Waals surface area contributed by atoms with Crippen LogP contribution >= 0.6 is 0 Å². The van der Waals surface area contributed by atoms with Gasteiger partial charge in [0.2, 0.25) is 11.9 Å². The van der Waals surface area contributed by atoms with Gasteiger partial charge in [-0.05, 0) is 24.6 Å². The highest BCUT2D eigenvalue weighted by Gasteiger charge is 2.18. The molecule has 9 heteroatoms. The third kappa shape index (κ3) is 2.99. The SMILES string of the molecule is CCn1c(-n2ncnc2N)nc2cncc(-c3ccc(N4CCOCC4)cc3)c21. The normalized spacial score (nSPS) is 14.6. The van der Waals surface area contributed by atoms with E-state index in [4.69, 9.17) is 15.5 Å². The summed E-state index contributed by atoms with van der Waals surface area (Å²) in [4.78, 5) is 15.5. The summed E-state index contributed by atoms with van der Waals surface area (Å²) >= 11 is 0. The van der Waals surface area contributed by atoms with Crippen LogP contribution < -0.4 is 10.6 Å². The van der Waals surface area contributed by atoms with Gasteiger partial charge in [0.15, 0.2) is 0 Å². The Morgan fingerprint density at radius 2 is 1.90 bits per heavy atom. The molecule has 1 aliphatic heterocycles. The van der Waals surface area contributed by atoms with Crippen molar-refractivity contribution in [3.05, 3.63) is 43.0 Å². The Balaban J connectivity index is 1.60. The van der Waals surface area contributed by atoms with Crippen molar-refractivity contribution in [2.24, 2.45) is 0 Å². The van der Waals surface area contributed by atoms with E-state index in [-0.39, 0.29) is 0 Å². The summed E-state index contributed by atoms with van der Waals surface area (Å²) in [6.07, 6.45) is 5.08. The number of aromatic nitrogens is 6. The first kappa shape index (κ1) is 17.6. The number of anilines is 2. The average Bonchev–Trinajstić information content (AvgIpc) is 3.37. The molecule has 4 heterocycles. The quantitative estimate of drug-likeness (QED) is 0.570. The van der Waals surface area contributed by atoms with Crippen molar-refractivity contribution in [3.63, 3.8) is 0 Å². The second kappa shape index (κ2) is 7.17. The molecule has 0 atom stereocenters. The predicted molar refractivity (Wildman–Crippen MR) is 111 cm³/mol. The summed E-state index contributed by atoms with van der Waals surface area (Å²) in [5.74, 6) is 0.941. The van der Waals surface area contributed by atoms with Gasteiger partial charge < -0.3 is 19.9 Å². The molecule has 3 aromatic heterocycles. The molecule has 1 aromatic carbocycles. The zero-order chi connectivity index (χ0) is 19.8. The topological polar surface area (TPSA) is 99.9 Å². The number of morpholine rings is 1. The van der Waals surface area contributed by atoms with Crippen molar-refractivity contribution in [2.75, 3.05) is 36.9 Å². The number of rotatable bonds is 4. The van der Waals surface area contributed by atoms with E-state index in [9.17, 15) is 0 Å². The van der Waals surface area contributed by atoms with Crippen LogP contribution in [-0.2, 0) is 11.3 Å². The molecule has 0 unspecified atom stereocenters. The Hall–Kier alpha value is -3.46. The first-order valence-electron chi connectivity index (χ1n) is 9.69. The Bertz CT molecular complexity index is 1140. The van der Waals surface area contributed by atoms with Crippen LogP contribution in [0.2, 0.25) is 0 Å². The molecule has 9 nitrogen and oxygen atoms in total. The van der Waals surface area contributed by atoms with E-state index in [2.05, 4.69) is 55.7 Å². The maximum atomic E-state index is 5.96. The van der Waals surface area contributed by atoms with Crippen molar-refractivity contribution >= 4 is 22.7 Å². The molecule has 1 fully saturated rings. The van der Waals surface area contributed by atoms with Gasteiger partial charge in [0.25, 0.3) is 0 Å². The smallest absolute Gasteiger partial charge is 0.235 e. The number of hydrogen-bond donors (Lipinski definition) is 1. The van der Waals surface area contributed by atoms with Gasteiger partial charge in [-0.3, -0.25) is 4.98 Å². The van der Waals surface area contributed by atoms with Crippen molar-refractivity contribution in [3.8, 4) is 17.1 Å². The van der Waals surface area contributed by atoms with Gasteiger partial charge in [0.1, 0.15) is 11.8 Å². The molecule has 0 spiro atoms. The Morgan fingerprint density at radius 1 is 1.10 bits per heavy atom. The number of nitrogens with two attached hydrogens (primary N) is 1. The van der Waals surface area contributed by atoms with E-state index < -0.39 is 0 Å². The number of hydrogen-bond acceptors (Lipinski definition) is 7. The fraction of sp³-hybridized carbons (Fsp3) is 0.300. The van der Waals surface area contributed by atoms with Crippen molar-refractivity contribution in [1.82, 2.24) is 29.3 Å². The molecule has 1 saturated heterocycles. The predicted octanol–water partition coefficient (Wildman–Crippen LogP) is 2.12.